The average Bonchev–Trinajstić information content (AvgIpc) is 1.97. The van der Waals surface area contributed by atoms with E-state index < -0.39 is 16.8 Å². The van der Waals surface area contributed by atoms with E-state index in [-0.39, 0.29) is 0 Å². The fourth-order valence-electron chi connectivity index (χ4n) is 4.35. The summed E-state index contributed by atoms with van der Waals surface area (Å²) in [7, 11) is 0. The van der Waals surface area contributed by atoms with Gasteiger partial charge in [0.1, 0.15) is 5.60 Å². The van der Waals surface area contributed by atoms with Gasteiger partial charge in [0.15, 0.2) is 0 Å². The van der Waals surface area contributed by atoms with E-state index in [0.29, 0.717) is 25.2 Å². The Balaban J connectivity index is 2.01. The van der Waals surface area contributed by atoms with Crippen molar-refractivity contribution in [3.05, 3.63) is 0 Å². The molecule has 0 spiro atoms. The molecule has 4 aliphatic rings. The highest BCUT2D eigenvalue weighted by molar-refractivity contribution is 5.15. The van der Waals surface area contributed by atoms with Crippen molar-refractivity contribution in [3.8, 4) is 0 Å². The summed E-state index contributed by atoms with van der Waals surface area (Å²) < 4.78 is 0. The van der Waals surface area contributed by atoms with Crippen LogP contribution in [0.4, 0.5) is 0 Å². The maximum absolute atomic E-state index is 10.2. The molecule has 0 aromatic heterocycles. The highest BCUT2D eigenvalue weighted by Crippen LogP contribution is 2.60. The summed E-state index contributed by atoms with van der Waals surface area (Å²) in [5.74, 6) is 0.299. The molecule has 0 radical (unpaired) electrons. The molecule has 80 valence electrons. The van der Waals surface area contributed by atoms with E-state index in [1.165, 1.54) is 0 Å². The predicted molar refractivity (Wildman–Crippen MR) is 47.5 cm³/mol. The molecule has 0 aliphatic heterocycles. The van der Waals surface area contributed by atoms with E-state index in [9.17, 15) is 10.2 Å². The van der Waals surface area contributed by atoms with Crippen molar-refractivity contribution in [3.63, 3.8) is 0 Å². The standard InChI is InChI=1S/C10H16O4/c11-8-1-7-2-9(12,4-8)6-10(3-7,5-8)14-13/h7,11-13H,1-6H2. The van der Waals surface area contributed by atoms with Gasteiger partial charge in [-0.25, -0.2) is 4.89 Å². The second-order valence-corrected chi connectivity index (χ2v) is 5.73. The summed E-state index contributed by atoms with van der Waals surface area (Å²) in [5.41, 5.74) is -2.29. The van der Waals surface area contributed by atoms with Gasteiger partial charge in [-0.3, -0.25) is 5.26 Å². The van der Waals surface area contributed by atoms with Crippen LogP contribution in [-0.2, 0) is 4.89 Å². The molecule has 0 saturated heterocycles. The van der Waals surface area contributed by atoms with E-state index in [1.807, 2.05) is 0 Å². The third-order valence-electron chi connectivity index (χ3n) is 4.15. The van der Waals surface area contributed by atoms with Crippen molar-refractivity contribution < 1.29 is 20.4 Å². The molecule has 4 nitrogen and oxygen atoms in total. The van der Waals surface area contributed by atoms with E-state index in [0.717, 1.165) is 19.3 Å². The van der Waals surface area contributed by atoms with Crippen LogP contribution in [0.25, 0.3) is 0 Å². The van der Waals surface area contributed by atoms with Crippen molar-refractivity contribution in [2.45, 2.75) is 55.3 Å². The minimum Gasteiger partial charge on any atom is -0.390 e. The first-order valence-electron chi connectivity index (χ1n) is 5.24. The Morgan fingerprint density at radius 2 is 1.50 bits per heavy atom. The summed E-state index contributed by atoms with van der Waals surface area (Å²) >= 11 is 0. The minimum absolute atomic E-state index is 0.299. The highest BCUT2D eigenvalue weighted by Gasteiger charge is 2.63. The lowest BCUT2D eigenvalue weighted by Gasteiger charge is -2.61. The molecule has 4 rings (SSSR count). The number of hydrogen-bond donors (Lipinski definition) is 3. The zero-order valence-corrected chi connectivity index (χ0v) is 8.07. The summed E-state index contributed by atoms with van der Waals surface area (Å²) in [5, 5.41) is 29.4. The van der Waals surface area contributed by atoms with E-state index >= 15 is 0 Å². The van der Waals surface area contributed by atoms with Crippen LogP contribution in [0, 0.1) is 5.92 Å². The SMILES string of the molecule is OOC12CC3CC(O)(CC(O)(C3)C1)C2. The summed E-state index contributed by atoms with van der Waals surface area (Å²) in [4.78, 5) is 4.56. The predicted octanol–water partition coefficient (Wildman–Crippen LogP) is 0.675. The van der Waals surface area contributed by atoms with Crippen LogP contribution in [0.1, 0.15) is 38.5 Å². The van der Waals surface area contributed by atoms with Crippen molar-refractivity contribution in [2.75, 3.05) is 0 Å². The second kappa shape index (κ2) is 2.32. The van der Waals surface area contributed by atoms with E-state index in [1.54, 1.807) is 0 Å². The second-order valence-electron chi connectivity index (χ2n) is 5.73. The van der Waals surface area contributed by atoms with Gasteiger partial charge in [-0.1, -0.05) is 0 Å². The number of aliphatic hydroxyl groups is 2. The van der Waals surface area contributed by atoms with Crippen LogP contribution >= 0.6 is 0 Å². The van der Waals surface area contributed by atoms with Crippen molar-refractivity contribution in [2.24, 2.45) is 5.92 Å². The van der Waals surface area contributed by atoms with Crippen LogP contribution in [0.15, 0.2) is 0 Å². The van der Waals surface area contributed by atoms with Crippen LogP contribution in [0.3, 0.4) is 0 Å². The first kappa shape index (κ1) is 9.09. The van der Waals surface area contributed by atoms with Crippen molar-refractivity contribution in [1.82, 2.24) is 0 Å². The van der Waals surface area contributed by atoms with Crippen LogP contribution < -0.4 is 0 Å². The highest BCUT2D eigenvalue weighted by atomic mass is 17.1. The normalized spacial score (nSPS) is 60.6. The maximum Gasteiger partial charge on any atom is 0.109 e. The third-order valence-corrected chi connectivity index (χ3v) is 4.15. The first-order chi connectivity index (χ1) is 6.47. The van der Waals surface area contributed by atoms with E-state index in [2.05, 4.69) is 4.89 Å². The van der Waals surface area contributed by atoms with Crippen LogP contribution in [-0.4, -0.2) is 32.3 Å². The zero-order valence-electron chi connectivity index (χ0n) is 8.07. The van der Waals surface area contributed by atoms with Gasteiger partial charge < -0.3 is 10.2 Å². The Morgan fingerprint density at radius 3 is 1.93 bits per heavy atom. The largest absolute Gasteiger partial charge is 0.390 e. The topological polar surface area (TPSA) is 69.9 Å². The van der Waals surface area contributed by atoms with Gasteiger partial charge in [0.05, 0.1) is 11.2 Å². The molecule has 4 aliphatic carbocycles. The van der Waals surface area contributed by atoms with Crippen LogP contribution in [0.5, 0.6) is 0 Å². The van der Waals surface area contributed by atoms with Gasteiger partial charge >= 0.3 is 0 Å². The monoisotopic (exact) mass is 200 g/mol. The Kier molecular flexibility index (Phi) is 1.51. The molecule has 4 saturated carbocycles. The summed E-state index contributed by atoms with van der Waals surface area (Å²) in [6.45, 7) is 0. The van der Waals surface area contributed by atoms with Gasteiger partial charge in [0, 0.05) is 19.3 Å². The lowest BCUT2D eigenvalue weighted by atomic mass is 9.50. The lowest BCUT2D eigenvalue weighted by molar-refractivity contribution is -0.383. The fraction of sp³-hybridized carbons (Fsp3) is 1.00. The van der Waals surface area contributed by atoms with Gasteiger partial charge in [0.25, 0.3) is 0 Å². The molecule has 4 heteroatoms. The Hall–Kier alpha value is -0.160. The number of hydrogen-bond acceptors (Lipinski definition) is 4. The molecule has 2 unspecified atom stereocenters. The molecule has 0 heterocycles. The van der Waals surface area contributed by atoms with Crippen molar-refractivity contribution in [1.29, 1.82) is 0 Å². The third kappa shape index (κ3) is 1.08. The molecular weight excluding hydrogens is 184 g/mol. The molecule has 4 fully saturated rings. The molecule has 3 N–H and O–H groups in total. The van der Waals surface area contributed by atoms with Crippen LogP contribution in [0.2, 0.25) is 0 Å². The Bertz CT molecular complexity index is 259. The lowest BCUT2D eigenvalue weighted by Crippen LogP contribution is -2.66. The van der Waals surface area contributed by atoms with Gasteiger partial charge in [0.2, 0.25) is 0 Å². The molecule has 2 atom stereocenters. The number of rotatable bonds is 1. The quantitative estimate of drug-likeness (QED) is 0.430. The zero-order chi connectivity index (χ0) is 10.0. The Morgan fingerprint density at radius 1 is 0.929 bits per heavy atom. The summed E-state index contributed by atoms with van der Waals surface area (Å²) in [6, 6.07) is 0. The van der Waals surface area contributed by atoms with Crippen molar-refractivity contribution >= 4 is 0 Å². The fourth-order valence-corrected chi connectivity index (χ4v) is 4.35. The molecular formula is C10H16O4. The average molecular weight is 200 g/mol. The molecule has 0 aromatic rings. The van der Waals surface area contributed by atoms with Gasteiger partial charge in [-0.15, -0.1) is 0 Å². The summed E-state index contributed by atoms with van der Waals surface area (Å²) in [6.07, 6.45) is 3.65. The van der Waals surface area contributed by atoms with E-state index in [4.69, 9.17) is 5.26 Å². The molecule has 0 amide bonds. The Labute approximate surface area is 82.4 Å². The maximum atomic E-state index is 10.2. The van der Waals surface area contributed by atoms with Gasteiger partial charge in [-0.2, -0.15) is 0 Å². The minimum atomic E-state index is -0.809. The smallest absolute Gasteiger partial charge is 0.109 e. The molecule has 4 bridgehead atoms. The van der Waals surface area contributed by atoms with Gasteiger partial charge in [-0.05, 0) is 25.2 Å². The first-order valence-corrected chi connectivity index (χ1v) is 5.24. The molecule has 0 aromatic carbocycles. The molecule has 14 heavy (non-hydrogen) atoms.